The van der Waals surface area contributed by atoms with Crippen molar-refractivity contribution in [3.05, 3.63) is 36.7 Å². The summed E-state index contributed by atoms with van der Waals surface area (Å²) in [5.74, 6) is 0. The summed E-state index contributed by atoms with van der Waals surface area (Å²) >= 11 is 0. The van der Waals surface area contributed by atoms with Crippen LogP contribution in [0.5, 0.6) is 0 Å². The fourth-order valence-electron chi connectivity index (χ4n) is 0.957. The zero-order valence-electron chi connectivity index (χ0n) is 6.46. The maximum atomic E-state index is 3.85. The predicted molar refractivity (Wildman–Crippen MR) is 42.4 cm³/mol. The Labute approximate surface area is 61.6 Å². The topological polar surface area (TPSA) is 3.88 Å². The summed E-state index contributed by atoms with van der Waals surface area (Å²) < 4.78 is 2.06. The van der Waals surface area contributed by atoms with Gasteiger partial charge in [-0.25, -0.2) is 0 Å². The number of rotatable bonds is 1. The maximum Gasteiger partial charge on any atom is 0.184 e. The summed E-state index contributed by atoms with van der Waals surface area (Å²) in [6.07, 6.45) is 2.01. The Morgan fingerprint density at radius 2 is 2.20 bits per heavy atom. The molecule has 0 saturated heterocycles. The normalized spacial score (nSPS) is 9.40. The number of hydrogen-bond acceptors (Lipinski definition) is 0. The maximum absolute atomic E-state index is 3.85. The summed E-state index contributed by atoms with van der Waals surface area (Å²) in [6.45, 7) is 7.91. The monoisotopic (exact) mass is 134 g/mol. The third-order valence-electron chi connectivity index (χ3n) is 1.47. The molecule has 1 nitrogen and oxygen atoms in total. The van der Waals surface area contributed by atoms with Crippen molar-refractivity contribution in [3.63, 3.8) is 0 Å². The molecule has 0 bridgehead atoms. The van der Waals surface area contributed by atoms with E-state index in [0.29, 0.717) is 0 Å². The number of aromatic nitrogens is 1. The molecule has 0 aromatic carbocycles. The molecule has 1 aromatic rings. The van der Waals surface area contributed by atoms with Gasteiger partial charge in [-0.1, -0.05) is 6.07 Å². The Bertz CT molecular complexity index is 251. The minimum atomic E-state index is 1.05. The Hall–Kier alpha value is -1.11. The first-order chi connectivity index (χ1) is 4.72. The van der Waals surface area contributed by atoms with Gasteiger partial charge in [0.15, 0.2) is 17.6 Å². The van der Waals surface area contributed by atoms with Crippen LogP contribution >= 0.6 is 0 Å². The first-order valence-corrected chi connectivity index (χ1v) is 3.35. The smallest absolute Gasteiger partial charge is 0.169 e. The molecule has 0 aliphatic carbocycles. The van der Waals surface area contributed by atoms with Crippen molar-refractivity contribution in [1.82, 2.24) is 0 Å². The lowest BCUT2D eigenvalue weighted by molar-refractivity contribution is -0.588. The van der Waals surface area contributed by atoms with Gasteiger partial charge in [-0.3, -0.25) is 0 Å². The molecule has 0 aliphatic rings. The van der Waals surface area contributed by atoms with Gasteiger partial charge in [-0.05, 0) is 6.58 Å². The van der Waals surface area contributed by atoms with E-state index in [-0.39, 0.29) is 0 Å². The van der Waals surface area contributed by atoms with Crippen LogP contribution in [0, 0.1) is 6.92 Å². The lowest BCUT2D eigenvalue weighted by atomic mass is 10.3. The molecule has 0 fully saturated rings. The molecule has 10 heavy (non-hydrogen) atoms. The van der Waals surface area contributed by atoms with E-state index < -0.39 is 0 Å². The molecule has 52 valence electrons. The van der Waals surface area contributed by atoms with Crippen LogP contribution in [0.3, 0.4) is 0 Å². The Balaban J connectivity index is 3.15. The quantitative estimate of drug-likeness (QED) is 0.515. The highest BCUT2D eigenvalue weighted by atomic mass is 15.0. The molecule has 0 atom stereocenters. The van der Waals surface area contributed by atoms with E-state index in [1.54, 1.807) is 0 Å². The summed E-state index contributed by atoms with van der Waals surface area (Å²) in [4.78, 5) is 0. The predicted octanol–water partition coefficient (Wildman–Crippen LogP) is 1.77. The van der Waals surface area contributed by atoms with Crippen LogP contribution < -0.4 is 4.57 Å². The standard InChI is InChI=1S/C9H12N/c1-8(2)10-7-5-4-6-9(10)3/h4-7H,1H2,2-3H3/q+1. The molecule has 0 N–H and O–H groups in total. The van der Waals surface area contributed by atoms with Gasteiger partial charge in [0.1, 0.15) is 0 Å². The Morgan fingerprint density at radius 3 is 2.60 bits per heavy atom. The van der Waals surface area contributed by atoms with E-state index in [2.05, 4.69) is 24.1 Å². The molecule has 1 rings (SSSR count). The van der Waals surface area contributed by atoms with E-state index in [1.165, 1.54) is 5.69 Å². The van der Waals surface area contributed by atoms with E-state index in [0.717, 1.165) is 5.70 Å². The average molecular weight is 134 g/mol. The minimum absolute atomic E-state index is 1.05. The fraction of sp³-hybridized carbons (Fsp3) is 0.222. The van der Waals surface area contributed by atoms with Gasteiger partial charge < -0.3 is 0 Å². The molecule has 1 heterocycles. The molecule has 0 unspecified atom stereocenters. The third-order valence-corrected chi connectivity index (χ3v) is 1.47. The van der Waals surface area contributed by atoms with Crippen molar-refractivity contribution < 1.29 is 4.57 Å². The van der Waals surface area contributed by atoms with Gasteiger partial charge in [-0.15, -0.1) is 0 Å². The Morgan fingerprint density at radius 1 is 1.50 bits per heavy atom. The first kappa shape index (κ1) is 7.00. The van der Waals surface area contributed by atoms with Crippen molar-refractivity contribution in [1.29, 1.82) is 0 Å². The lowest BCUT2D eigenvalue weighted by Crippen LogP contribution is -2.32. The van der Waals surface area contributed by atoms with Gasteiger partial charge in [0.05, 0.1) is 0 Å². The number of aryl methyl sites for hydroxylation is 1. The van der Waals surface area contributed by atoms with Crippen LogP contribution in [-0.2, 0) is 0 Å². The number of nitrogens with zero attached hydrogens (tertiary/aromatic N) is 1. The van der Waals surface area contributed by atoms with Gasteiger partial charge in [0.2, 0.25) is 0 Å². The van der Waals surface area contributed by atoms with Crippen molar-refractivity contribution in [3.8, 4) is 0 Å². The highest BCUT2D eigenvalue weighted by Gasteiger charge is 2.02. The number of allylic oxidation sites excluding steroid dienone is 1. The summed E-state index contributed by atoms with van der Waals surface area (Å²) in [5, 5.41) is 0. The average Bonchev–Trinajstić information content (AvgIpc) is 1.88. The minimum Gasteiger partial charge on any atom is -0.169 e. The molecule has 0 aliphatic heterocycles. The Kier molecular flexibility index (Phi) is 1.86. The second kappa shape index (κ2) is 2.65. The van der Waals surface area contributed by atoms with Crippen molar-refractivity contribution in [2.75, 3.05) is 0 Å². The first-order valence-electron chi connectivity index (χ1n) is 3.35. The van der Waals surface area contributed by atoms with Crippen LogP contribution in [0.4, 0.5) is 0 Å². The van der Waals surface area contributed by atoms with Crippen LogP contribution in [-0.4, -0.2) is 0 Å². The van der Waals surface area contributed by atoms with Crippen LogP contribution in [0.2, 0.25) is 0 Å². The molecule has 0 spiro atoms. The summed E-state index contributed by atoms with van der Waals surface area (Å²) in [7, 11) is 0. The number of pyridine rings is 1. The molecule has 1 heteroatoms. The zero-order valence-corrected chi connectivity index (χ0v) is 6.46. The lowest BCUT2D eigenvalue weighted by Gasteiger charge is -1.94. The van der Waals surface area contributed by atoms with Gasteiger partial charge in [0, 0.05) is 26.0 Å². The number of hydrogen-bond donors (Lipinski definition) is 0. The van der Waals surface area contributed by atoms with Crippen LogP contribution in [0.15, 0.2) is 31.0 Å². The zero-order chi connectivity index (χ0) is 7.56. The summed E-state index contributed by atoms with van der Waals surface area (Å²) in [6, 6.07) is 6.09. The van der Waals surface area contributed by atoms with E-state index in [9.17, 15) is 0 Å². The molecular weight excluding hydrogens is 122 g/mol. The van der Waals surface area contributed by atoms with Gasteiger partial charge in [0.25, 0.3) is 0 Å². The largest absolute Gasteiger partial charge is 0.184 e. The highest BCUT2D eigenvalue weighted by molar-refractivity contribution is 5.23. The van der Waals surface area contributed by atoms with E-state index >= 15 is 0 Å². The molecular formula is C9H12N+. The molecule has 0 radical (unpaired) electrons. The van der Waals surface area contributed by atoms with Crippen LogP contribution in [0.1, 0.15) is 12.6 Å². The van der Waals surface area contributed by atoms with Gasteiger partial charge in [-0.2, -0.15) is 4.57 Å². The van der Waals surface area contributed by atoms with Crippen molar-refractivity contribution >= 4 is 5.70 Å². The molecule has 0 saturated carbocycles. The molecule has 1 aromatic heterocycles. The van der Waals surface area contributed by atoms with Crippen molar-refractivity contribution in [2.45, 2.75) is 13.8 Å². The van der Waals surface area contributed by atoms with E-state index in [1.807, 2.05) is 25.3 Å². The SMILES string of the molecule is C=C(C)[n+]1ccccc1C. The van der Waals surface area contributed by atoms with Gasteiger partial charge >= 0.3 is 0 Å². The second-order valence-corrected chi connectivity index (χ2v) is 2.45. The molecule has 0 amide bonds. The van der Waals surface area contributed by atoms with Crippen molar-refractivity contribution in [2.24, 2.45) is 0 Å². The highest BCUT2D eigenvalue weighted by Crippen LogP contribution is 1.92. The fourth-order valence-corrected chi connectivity index (χ4v) is 0.957. The van der Waals surface area contributed by atoms with E-state index in [4.69, 9.17) is 0 Å². The summed E-state index contributed by atoms with van der Waals surface area (Å²) in [5.41, 5.74) is 2.27. The van der Waals surface area contributed by atoms with Crippen LogP contribution in [0.25, 0.3) is 5.70 Å². The second-order valence-electron chi connectivity index (χ2n) is 2.45. The third kappa shape index (κ3) is 1.24.